The fourth-order valence-corrected chi connectivity index (χ4v) is 4.58. The number of methoxy groups -OCH3 is 1. The molecular formula is C24H19N3O5S. The molecule has 0 fully saturated rings. The summed E-state index contributed by atoms with van der Waals surface area (Å²) in [5, 5.41) is 10.9. The number of benzene rings is 2. The molecule has 1 aromatic heterocycles. The highest BCUT2D eigenvalue weighted by molar-refractivity contribution is 7.07. The van der Waals surface area contributed by atoms with Gasteiger partial charge in [-0.3, -0.25) is 19.5 Å². The molecule has 4 rings (SSSR count). The second-order valence-electron chi connectivity index (χ2n) is 7.23. The van der Waals surface area contributed by atoms with E-state index in [2.05, 4.69) is 4.99 Å². The van der Waals surface area contributed by atoms with Crippen LogP contribution in [0.2, 0.25) is 0 Å². The first-order valence-corrected chi connectivity index (χ1v) is 10.8. The molecule has 9 heteroatoms. The number of carbonyl (C=O) groups excluding carboxylic acids is 1. The molecule has 166 valence electrons. The van der Waals surface area contributed by atoms with Crippen LogP contribution in [0.25, 0.3) is 12.2 Å². The van der Waals surface area contributed by atoms with E-state index in [9.17, 15) is 19.7 Å². The summed E-state index contributed by atoms with van der Waals surface area (Å²) >= 11 is 1.19. The van der Waals surface area contributed by atoms with E-state index in [1.165, 1.54) is 35.1 Å². The summed E-state index contributed by atoms with van der Waals surface area (Å²) < 4.78 is 6.84. The minimum atomic E-state index is -0.687. The number of hydrogen-bond donors (Lipinski definition) is 0. The van der Waals surface area contributed by atoms with Gasteiger partial charge in [0.15, 0.2) is 4.80 Å². The highest BCUT2D eigenvalue weighted by Gasteiger charge is 2.30. The zero-order valence-electron chi connectivity index (χ0n) is 17.8. The predicted molar refractivity (Wildman–Crippen MR) is 125 cm³/mol. The van der Waals surface area contributed by atoms with Crippen molar-refractivity contribution in [2.45, 2.75) is 13.0 Å². The van der Waals surface area contributed by atoms with Crippen molar-refractivity contribution in [3.63, 3.8) is 0 Å². The highest BCUT2D eigenvalue weighted by atomic mass is 32.1. The number of nitro groups is 1. The predicted octanol–water partition coefficient (Wildman–Crippen LogP) is 2.98. The molecule has 0 N–H and O–H groups in total. The van der Waals surface area contributed by atoms with Crippen LogP contribution >= 0.6 is 11.3 Å². The van der Waals surface area contributed by atoms with E-state index in [0.717, 1.165) is 5.56 Å². The summed E-state index contributed by atoms with van der Waals surface area (Å²) in [5.41, 5.74) is 1.99. The van der Waals surface area contributed by atoms with Crippen LogP contribution in [0.4, 0.5) is 5.69 Å². The second kappa shape index (κ2) is 9.17. The first-order chi connectivity index (χ1) is 15.9. The molecule has 1 aliphatic heterocycles. The lowest BCUT2D eigenvalue weighted by Gasteiger charge is -2.21. The number of non-ortho nitro benzene ring substituents is 1. The summed E-state index contributed by atoms with van der Waals surface area (Å²) in [6, 6.07) is 14.8. The number of fused-ring (bicyclic) bond motifs is 1. The van der Waals surface area contributed by atoms with Crippen molar-refractivity contribution in [3.05, 3.63) is 113 Å². The molecule has 2 heterocycles. The Balaban J connectivity index is 1.84. The Labute approximate surface area is 192 Å². The molecule has 33 heavy (non-hydrogen) atoms. The van der Waals surface area contributed by atoms with Gasteiger partial charge < -0.3 is 4.74 Å². The van der Waals surface area contributed by atoms with Crippen LogP contribution in [0.3, 0.4) is 0 Å². The Hall–Kier alpha value is -4.11. The fourth-order valence-electron chi connectivity index (χ4n) is 3.53. The normalized spacial score (nSPS) is 15.9. The number of esters is 1. The first kappa shape index (κ1) is 22.1. The van der Waals surface area contributed by atoms with Gasteiger partial charge in [0.25, 0.3) is 11.2 Å². The van der Waals surface area contributed by atoms with Gasteiger partial charge in [0.1, 0.15) is 0 Å². The number of allylic oxidation sites excluding steroid dienone is 2. The number of thiazole rings is 1. The zero-order valence-corrected chi connectivity index (χ0v) is 18.6. The molecule has 0 saturated heterocycles. The lowest BCUT2D eigenvalue weighted by atomic mass is 10.0. The lowest BCUT2D eigenvalue weighted by Crippen LogP contribution is -2.38. The number of carbonyl (C=O) groups is 1. The summed E-state index contributed by atoms with van der Waals surface area (Å²) in [4.78, 5) is 41.2. The van der Waals surface area contributed by atoms with Gasteiger partial charge in [-0.1, -0.05) is 53.8 Å². The van der Waals surface area contributed by atoms with Gasteiger partial charge in [0.05, 0.1) is 33.9 Å². The molecule has 8 nitrogen and oxygen atoms in total. The van der Waals surface area contributed by atoms with Crippen molar-refractivity contribution >= 4 is 35.1 Å². The molecule has 0 bridgehead atoms. The SMILES string of the molecule is COC(=O)C1=C(C)N=c2sc(=Cc3ccc([N+](=O)[O-])cc3)c(=O)n2[C@@H]1/C=C\c1ccccc1. The standard InChI is InChI=1S/C24H19N3O5S/c1-15-21(23(29)32-2)19(13-10-16-6-4-3-5-7-16)26-22(28)20(33-24(26)25-15)14-17-8-11-18(12-9-17)27(30)31/h3-14,19H,1-2H3/b13-10-,20-14?/t19-/m1/s1. The van der Waals surface area contributed by atoms with Crippen LogP contribution in [0.5, 0.6) is 0 Å². The van der Waals surface area contributed by atoms with Crippen LogP contribution < -0.4 is 14.9 Å². The van der Waals surface area contributed by atoms with Gasteiger partial charge in [0.2, 0.25) is 0 Å². The molecule has 0 amide bonds. The summed E-state index contributed by atoms with van der Waals surface area (Å²) in [6.45, 7) is 1.71. The van der Waals surface area contributed by atoms with Crippen molar-refractivity contribution in [2.75, 3.05) is 7.11 Å². The third-order valence-corrected chi connectivity index (χ3v) is 6.12. The number of nitro benzene ring substituents is 1. The Bertz CT molecular complexity index is 1460. The van der Waals surface area contributed by atoms with E-state index < -0.39 is 16.9 Å². The summed E-state index contributed by atoms with van der Waals surface area (Å²) in [6.07, 6.45) is 5.29. The largest absolute Gasteiger partial charge is 0.466 e. The molecule has 0 spiro atoms. The maximum absolute atomic E-state index is 13.3. The maximum atomic E-state index is 13.3. The second-order valence-corrected chi connectivity index (χ2v) is 8.24. The number of hydrogen-bond acceptors (Lipinski definition) is 7. The Morgan fingerprint density at radius 1 is 1.15 bits per heavy atom. The minimum Gasteiger partial charge on any atom is -0.466 e. The van der Waals surface area contributed by atoms with Crippen molar-refractivity contribution in [1.82, 2.24) is 4.57 Å². The molecule has 2 aromatic carbocycles. The van der Waals surface area contributed by atoms with E-state index >= 15 is 0 Å². The van der Waals surface area contributed by atoms with Crippen LogP contribution in [-0.4, -0.2) is 22.6 Å². The van der Waals surface area contributed by atoms with Crippen molar-refractivity contribution in [2.24, 2.45) is 4.99 Å². The molecule has 0 aliphatic carbocycles. The number of ether oxygens (including phenoxy) is 1. The molecular weight excluding hydrogens is 442 g/mol. The lowest BCUT2D eigenvalue weighted by molar-refractivity contribution is -0.384. The van der Waals surface area contributed by atoms with Gasteiger partial charge in [-0.15, -0.1) is 0 Å². The smallest absolute Gasteiger partial charge is 0.338 e. The Morgan fingerprint density at radius 3 is 2.48 bits per heavy atom. The van der Waals surface area contributed by atoms with Crippen LogP contribution in [0.15, 0.2) is 81.7 Å². The molecule has 0 radical (unpaired) electrons. The molecule has 3 aromatic rings. The van der Waals surface area contributed by atoms with Crippen molar-refractivity contribution < 1.29 is 14.5 Å². The Morgan fingerprint density at radius 2 is 1.85 bits per heavy atom. The summed E-state index contributed by atoms with van der Waals surface area (Å²) in [5.74, 6) is -0.552. The van der Waals surface area contributed by atoms with Crippen LogP contribution in [0, 0.1) is 10.1 Å². The summed E-state index contributed by atoms with van der Waals surface area (Å²) in [7, 11) is 1.29. The van der Waals surface area contributed by atoms with E-state index in [-0.39, 0.29) is 11.2 Å². The average molecular weight is 461 g/mol. The van der Waals surface area contributed by atoms with Gasteiger partial charge in [0, 0.05) is 12.1 Å². The maximum Gasteiger partial charge on any atom is 0.338 e. The first-order valence-electron chi connectivity index (χ1n) is 9.97. The van der Waals surface area contributed by atoms with E-state index in [4.69, 9.17) is 4.74 Å². The third-order valence-electron chi connectivity index (χ3n) is 5.14. The van der Waals surface area contributed by atoms with E-state index in [0.29, 0.717) is 26.2 Å². The fraction of sp³-hybridized carbons (Fsp3) is 0.125. The van der Waals surface area contributed by atoms with Gasteiger partial charge >= 0.3 is 5.97 Å². The molecule has 1 atom stereocenters. The topological polar surface area (TPSA) is 104 Å². The average Bonchev–Trinajstić information content (AvgIpc) is 3.12. The number of aromatic nitrogens is 1. The Kier molecular flexibility index (Phi) is 6.14. The van der Waals surface area contributed by atoms with Crippen LogP contribution in [0.1, 0.15) is 24.1 Å². The minimum absolute atomic E-state index is 0.0296. The van der Waals surface area contributed by atoms with E-state index in [1.54, 1.807) is 31.2 Å². The molecule has 1 aliphatic rings. The quantitative estimate of drug-likeness (QED) is 0.330. The van der Waals surface area contributed by atoms with Crippen LogP contribution in [-0.2, 0) is 9.53 Å². The zero-order chi connectivity index (χ0) is 23.5. The van der Waals surface area contributed by atoms with Crippen molar-refractivity contribution in [1.29, 1.82) is 0 Å². The van der Waals surface area contributed by atoms with Gasteiger partial charge in [-0.25, -0.2) is 9.79 Å². The monoisotopic (exact) mass is 461 g/mol. The van der Waals surface area contributed by atoms with Gasteiger partial charge in [-0.05, 0) is 36.3 Å². The molecule has 0 saturated carbocycles. The highest BCUT2D eigenvalue weighted by Crippen LogP contribution is 2.26. The number of nitrogens with zero attached hydrogens (tertiary/aromatic N) is 3. The van der Waals surface area contributed by atoms with Crippen molar-refractivity contribution in [3.8, 4) is 0 Å². The van der Waals surface area contributed by atoms with Gasteiger partial charge in [-0.2, -0.15) is 0 Å². The molecule has 0 unspecified atom stereocenters. The number of rotatable bonds is 5. The third kappa shape index (κ3) is 4.44. The van der Waals surface area contributed by atoms with E-state index in [1.807, 2.05) is 36.4 Å².